The number of nitrogens with zero attached hydrogens (tertiary/aromatic N) is 3. The molecule has 1 unspecified atom stereocenters. The van der Waals surface area contributed by atoms with Gasteiger partial charge in [-0.25, -0.2) is 4.98 Å². The number of anilines is 1. The Morgan fingerprint density at radius 2 is 1.81 bits per heavy atom. The standard InChI is InChI=1S/C39H51N3O/c1-8-9-10-11-12-27(2)13-14-32-19-21-42(22-20-32)33-15-17-34-36(18-16-33)41-38(26-39(34)43)37(40-7)25-35-30(5)23-28(3)29(4)24-31(35)6/h15-18,23,25-26,30,32H,2,8-14,19-22H2,1,3-7H3/b35-25+,40-37?. The lowest BCUT2D eigenvalue weighted by atomic mass is 9.89. The summed E-state index contributed by atoms with van der Waals surface area (Å²) >= 11 is 0. The fourth-order valence-corrected chi connectivity index (χ4v) is 6.41. The molecule has 0 aromatic carbocycles. The molecule has 0 aromatic rings. The molecule has 0 bridgehead atoms. The van der Waals surface area contributed by atoms with Crippen LogP contribution in [0.5, 0.6) is 0 Å². The van der Waals surface area contributed by atoms with E-state index in [0.717, 1.165) is 41.4 Å². The van der Waals surface area contributed by atoms with E-state index in [9.17, 15) is 4.79 Å². The molecule has 4 heteroatoms. The van der Waals surface area contributed by atoms with Gasteiger partial charge in [0.15, 0.2) is 5.43 Å². The number of unbranched alkanes of at least 4 members (excludes halogenated alkanes) is 3. The van der Waals surface area contributed by atoms with Gasteiger partial charge in [-0.05, 0) is 118 Å². The highest BCUT2D eigenvalue weighted by molar-refractivity contribution is 6.08. The Morgan fingerprint density at radius 3 is 2.53 bits per heavy atom. The molecule has 0 aromatic heterocycles. The van der Waals surface area contributed by atoms with Crippen molar-refractivity contribution in [3.63, 3.8) is 0 Å². The van der Waals surface area contributed by atoms with Crippen LogP contribution < -0.4 is 10.3 Å². The van der Waals surface area contributed by atoms with Crippen molar-refractivity contribution in [2.75, 3.05) is 25.0 Å². The third-order valence-electron chi connectivity index (χ3n) is 9.34. The third-order valence-corrected chi connectivity index (χ3v) is 9.34. The molecule has 4 nitrogen and oxygen atoms in total. The van der Waals surface area contributed by atoms with E-state index >= 15 is 0 Å². The maximum Gasteiger partial charge on any atom is 0.190 e. The lowest BCUT2D eigenvalue weighted by Crippen LogP contribution is -2.33. The van der Waals surface area contributed by atoms with Crippen molar-refractivity contribution in [2.45, 2.75) is 92.4 Å². The minimum Gasteiger partial charge on any atom is -0.372 e. The number of rotatable bonds is 11. The van der Waals surface area contributed by atoms with Crippen molar-refractivity contribution in [1.29, 1.82) is 0 Å². The molecule has 4 aliphatic rings. The first-order valence-corrected chi connectivity index (χ1v) is 16.4. The summed E-state index contributed by atoms with van der Waals surface area (Å²) in [4.78, 5) is 25.3. The topological polar surface area (TPSA) is 45.6 Å². The van der Waals surface area contributed by atoms with Crippen LogP contribution in [0.15, 0.2) is 92.4 Å². The molecule has 0 spiro atoms. The fraction of sp³-hybridized carbons (Fsp3) is 0.487. The predicted molar refractivity (Wildman–Crippen MR) is 185 cm³/mol. The molecule has 43 heavy (non-hydrogen) atoms. The van der Waals surface area contributed by atoms with Crippen molar-refractivity contribution in [1.82, 2.24) is 4.98 Å². The van der Waals surface area contributed by atoms with Gasteiger partial charge >= 0.3 is 0 Å². The first-order chi connectivity index (χ1) is 20.7. The van der Waals surface area contributed by atoms with E-state index < -0.39 is 0 Å². The second-order valence-corrected chi connectivity index (χ2v) is 12.6. The van der Waals surface area contributed by atoms with Crippen LogP contribution in [0, 0.1) is 11.8 Å². The largest absolute Gasteiger partial charge is 0.372 e. The average Bonchev–Trinajstić information content (AvgIpc) is 3.26. The Bertz CT molecular complexity index is 1490. The van der Waals surface area contributed by atoms with E-state index in [1.165, 1.54) is 68.9 Å². The number of hydrogen-bond donors (Lipinski definition) is 0. The Balaban J connectivity index is 1.47. The molecule has 0 radical (unpaired) electrons. The molecule has 0 saturated carbocycles. The summed E-state index contributed by atoms with van der Waals surface area (Å²) in [5, 5.41) is 0. The molecule has 4 rings (SSSR count). The molecule has 1 saturated heterocycles. The number of hydrogen-bond acceptors (Lipinski definition) is 4. The first kappa shape index (κ1) is 32.4. The maximum atomic E-state index is 13.3. The quantitative estimate of drug-likeness (QED) is 0.116. The van der Waals surface area contributed by atoms with Crippen LogP contribution in [0.2, 0.25) is 0 Å². The fourth-order valence-electron chi connectivity index (χ4n) is 6.41. The predicted octanol–water partition coefficient (Wildman–Crippen LogP) is 9.50. The van der Waals surface area contributed by atoms with Crippen LogP contribution in [0.3, 0.4) is 0 Å². The van der Waals surface area contributed by atoms with Crippen molar-refractivity contribution in [3.8, 4) is 11.3 Å². The van der Waals surface area contributed by atoms with Gasteiger partial charge in [-0.3, -0.25) is 9.79 Å². The molecule has 0 N–H and O–H groups in total. The number of allylic oxidation sites excluding steroid dienone is 6. The summed E-state index contributed by atoms with van der Waals surface area (Å²) in [6.07, 6.45) is 15.6. The van der Waals surface area contributed by atoms with E-state index in [2.05, 4.69) is 81.1 Å². The highest BCUT2D eigenvalue weighted by atomic mass is 16.1. The van der Waals surface area contributed by atoms with Crippen LogP contribution in [0.4, 0.5) is 5.69 Å². The average molecular weight is 578 g/mol. The molecular weight excluding hydrogens is 526 g/mol. The van der Waals surface area contributed by atoms with Gasteiger partial charge in [0.2, 0.25) is 0 Å². The number of fused-ring (bicyclic) bond motifs is 1. The Kier molecular flexibility index (Phi) is 11.5. The van der Waals surface area contributed by atoms with Crippen LogP contribution in [0.1, 0.15) is 98.1 Å². The number of piperidine rings is 1. The Labute approximate surface area is 260 Å². The lowest BCUT2D eigenvalue weighted by molar-refractivity contribution is 0.380. The van der Waals surface area contributed by atoms with E-state index in [-0.39, 0.29) is 11.3 Å². The van der Waals surface area contributed by atoms with Crippen molar-refractivity contribution in [3.05, 3.63) is 98.6 Å². The monoisotopic (exact) mass is 577 g/mol. The van der Waals surface area contributed by atoms with Crippen molar-refractivity contribution >= 4 is 11.4 Å². The Morgan fingerprint density at radius 1 is 1.07 bits per heavy atom. The highest BCUT2D eigenvalue weighted by Crippen LogP contribution is 2.30. The summed E-state index contributed by atoms with van der Waals surface area (Å²) < 4.78 is 0. The molecule has 2 heterocycles. The second kappa shape index (κ2) is 15.3. The van der Waals surface area contributed by atoms with Gasteiger partial charge in [0.05, 0.1) is 17.1 Å². The minimum atomic E-state index is -0.0250. The molecule has 2 aliphatic heterocycles. The van der Waals surface area contributed by atoms with E-state index in [0.29, 0.717) is 22.7 Å². The normalized spacial score (nSPS) is 19.3. The summed E-state index contributed by atoms with van der Waals surface area (Å²) in [6, 6.07) is 9.79. The summed E-state index contributed by atoms with van der Waals surface area (Å²) in [5.74, 6) is 0.986. The lowest BCUT2D eigenvalue weighted by Gasteiger charge is -2.33. The number of pyridine rings is 1. The van der Waals surface area contributed by atoms with Crippen molar-refractivity contribution < 1.29 is 0 Å². The van der Waals surface area contributed by atoms with Crippen LogP contribution in [-0.4, -0.2) is 30.8 Å². The molecule has 228 valence electrons. The van der Waals surface area contributed by atoms with Gasteiger partial charge in [0.1, 0.15) is 0 Å². The van der Waals surface area contributed by atoms with Gasteiger partial charge in [0, 0.05) is 43.4 Å². The zero-order valence-corrected chi connectivity index (χ0v) is 27.4. The smallest absolute Gasteiger partial charge is 0.190 e. The van der Waals surface area contributed by atoms with Gasteiger partial charge in [-0.2, -0.15) is 0 Å². The molecule has 1 fully saturated rings. The van der Waals surface area contributed by atoms with Gasteiger partial charge in [-0.15, -0.1) is 5.73 Å². The molecule has 2 aliphatic carbocycles. The van der Waals surface area contributed by atoms with E-state index in [1.807, 2.05) is 12.1 Å². The van der Waals surface area contributed by atoms with Gasteiger partial charge in [-0.1, -0.05) is 51.3 Å². The summed E-state index contributed by atoms with van der Waals surface area (Å²) in [5.41, 5.74) is 13.4. The zero-order chi connectivity index (χ0) is 30.9. The Hall–Kier alpha value is -3.49. The minimum absolute atomic E-state index is 0.0250. The maximum absolute atomic E-state index is 13.3. The molecule has 0 amide bonds. The third kappa shape index (κ3) is 8.54. The molecular formula is C39H51N3O. The number of aromatic nitrogens is 1. The first-order valence-electron chi connectivity index (χ1n) is 16.4. The SMILES string of the molecule is C=C(CCCCCC)CCC1CCN(c2ccc3nc(C(/C=C4/C(C)=C=C(C)C(C)=CC4C)=NC)cc(=O)c-3cc2)CC1. The second-order valence-electron chi connectivity index (χ2n) is 12.6. The van der Waals surface area contributed by atoms with Crippen LogP contribution in [0.25, 0.3) is 11.3 Å². The van der Waals surface area contributed by atoms with Gasteiger partial charge < -0.3 is 4.90 Å². The van der Waals surface area contributed by atoms with E-state index in [1.54, 1.807) is 13.1 Å². The van der Waals surface area contributed by atoms with Crippen LogP contribution >= 0.6 is 0 Å². The van der Waals surface area contributed by atoms with E-state index in [4.69, 9.17) is 4.98 Å². The van der Waals surface area contributed by atoms with Crippen LogP contribution in [-0.2, 0) is 0 Å². The van der Waals surface area contributed by atoms with Gasteiger partial charge in [0.25, 0.3) is 0 Å². The van der Waals surface area contributed by atoms with Crippen molar-refractivity contribution in [2.24, 2.45) is 16.8 Å². The summed E-state index contributed by atoms with van der Waals surface area (Å²) in [6.45, 7) is 17.2. The highest BCUT2D eigenvalue weighted by Gasteiger charge is 2.21. The zero-order valence-electron chi connectivity index (χ0n) is 27.4. The molecule has 1 atom stereocenters. The number of aliphatic imine (C=N–C) groups is 1. The summed E-state index contributed by atoms with van der Waals surface area (Å²) in [7, 11) is 1.77.